The Morgan fingerprint density at radius 1 is 1.11 bits per heavy atom. The molecular formula is C19H38N2O5S. The molecule has 160 valence electrons. The lowest BCUT2D eigenvalue weighted by Crippen LogP contribution is -2.45. The zero-order chi connectivity index (χ0) is 21.3. The van der Waals surface area contributed by atoms with Gasteiger partial charge >= 0.3 is 12.1 Å². The first-order valence-electron chi connectivity index (χ1n) is 9.55. The van der Waals surface area contributed by atoms with E-state index in [2.05, 4.69) is 5.32 Å². The van der Waals surface area contributed by atoms with Crippen LogP contribution in [0.3, 0.4) is 0 Å². The number of nitrogens with one attached hydrogen (secondary N) is 2. The Morgan fingerprint density at radius 3 is 2.19 bits per heavy atom. The van der Waals surface area contributed by atoms with Gasteiger partial charge in [0.1, 0.15) is 11.6 Å². The molecule has 0 saturated heterocycles. The molecule has 27 heavy (non-hydrogen) atoms. The zero-order valence-corrected chi connectivity index (χ0v) is 18.8. The summed E-state index contributed by atoms with van der Waals surface area (Å²) in [6, 6.07) is -0.975. The SMILES string of the molecule is CCCCOC(=O)[C@H](CCS(=N)(=O)CCC(C)(C)C)NC(=O)OC(C)(C)C. The molecule has 0 aromatic heterocycles. The lowest BCUT2D eigenvalue weighted by atomic mass is 9.94. The molecular weight excluding hydrogens is 368 g/mol. The number of hydrogen-bond donors (Lipinski definition) is 2. The van der Waals surface area contributed by atoms with Crippen molar-refractivity contribution in [1.29, 1.82) is 4.78 Å². The maximum absolute atomic E-state index is 12.5. The normalized spacial score (nSPS) is 15.5. The van der Waals surface area contributed by atoms with Crippen LogP contribution in [-0.2, 0) is 24.0 Å². The fourth-order valence-electron chi connectivity index (χ4n) is 2.00. The number of esters is 1. The van der Waals surface area contributed by atoms with Crippen molar-refractivity contribution in [3.8, 4) is 0 Å². The van der Waals surface area contributed by atoms with E-state index < -0.39 is 33.4 Å². The molecule has 0 saturated carbocycles. The van der Waals surface area contributed by atoms with Gasteiger partial charge in [-0.3, -0.25) is 4.78 Å². The van der Waals surface area contributed by atoms with E-state index in [1.807, 2.05) is 27.7 Å². The second-order valence-corrected chi connectivity index (χ2v) is 11.5. The molecule has 7 nitrogen and oxygen atoms in total. The van der Waals surface area contributed by atoms with Crippen molar-refractivity contribution in [2.24, 2.45) is 5.41 Å². The predicted molar refractivity (Wildman–Crippen MR) is 108 cm³/mol. The quantitative estimate of drug-likeness (QED) is 0.420. The molecule has 1 amide bonds. The maximum atomic E-state index is 12.5. The summed E-state index contributed by atoms with van der Waals surface area (Å²) >= 11 is 0. The van der Waals surface area contributed by atoms with E-state index in [1.54, 1.807) is 20.8 Å². The van der Waals surface area contributed by atoms with Crippen LogP contribution in [0.2, 0.25) is 0 Å². The van der Waals surface area contributed by atoms with Crippen LogP contribution >= 0.6 is 0 Å². The number of hydrogen-bond acceptors (Lipinski definition) is 6. The molecule has 0 heterocycles. The number of carbonyl (C=O) groups is 2. The number of unbranched alkanes of at least 4 members (excludes halogenated alkanes) is 1. The van der Waals surface area contributed by atoms with Crippen LogP contribution in [0.25, 0.3) is 0 Å². The molecule has 1 unspecified atom stereocenters. The Kier molecular flexibility index (Phi) is 10.4. The van der Waals surface area contributed by atoms with Gasteiger partial charge < -0.3 is 14.8 Å². The molecule has 0 aliphatic heterocycles. The molecule has 0 rings (SSSR count). The van der Waals surface area contributed by atoms with E-state index in [-0.39, 0.29) is 29.9 Å². The van der Waals surface area contributed by atoms with Gasteiger partial charge in [-0.15, -0.1) is 0 Å². The van der Waals surface area contributed by atoms with Gasteiger partial charge in [0.05, 0.1) is 6.61 Å². The summed E-state index contributed by atoms with van der Waals surface area (Å²) in [5, 5.41) is 2.50. The number of alkyl carbamates (subject to hydrolysis) is 1. The smallest absolute Gasteiger partial charge is 0.408 e. The third kappa shape index (κ3) is 14.4. The van der Waals surface area contributed by atoms with Crippen LogP contribution in [0.15, 0.2) is 0 Å². The highest BCUT2D eigenvalue weighted by atomic mass is 32.2. The van der Waals surface area contributed by atoms with Crippen molar-refractivity contribution < 1.29 is 23.3 Å². The highest BCUT2D eigenvalue weighted by Gasteiger charge is 2.27. The number of rotatable bonds is 10. The van der Waals surface area contributed by atoms with Crippen LogP contribution in [0, 0.1) is 10.2 Å². The van der Waals surface area contributed by atoms with Crippen molar-refractivity contribution in [2.45, 2.75) is 85.8 Å². The molecule has 8 heteroatoms. The fourth-order valence-corrected chi connectivity index (χ4v) is 3.76. The molecule has 0 aliphatic carbocycles. The van der Waals surface area contributed by atoms with Gasteiger partial charge in [-0.2, -0.15) is 0 Å². The molecule has 0 radical (unpaired) electrons. The van der Waals surface area contributed by atoms with Crippen LogP contribution in [0.1, 0.15) is 74.1 Å². The summed E-state index contributed by atoms with van der Waals surface area (Å²) in [4.78, 5) is 24.3. The lowest BCUT2D eigenvalue weighted by Gasteiger charge is -2.23. The van der Waals surface area contributed by atoms with Crippen LogP contribution in [0.5, 0.6) is 0 Å². The summed E-state index contributed by atoms with van der Waals surface area (Å²) in [6.07, 6.45) is 1.61. The molecule has 0 fully saturated rings. The summed E-state index contributed by atoms with van der Waals surface area (Å²) in [6.45, 7) is 13.5. The van der Waals surface area contributed by atoms with Crippen LogP contribution in [-0.4, -0.2) is 46.0 Å². The Morgan fingerprint density at radius 2 is 1.70 bits per heavy atom. The highest BCUT2D eigenvalue weighted by molar-refractivity contribution is 7.92. The number of amides is 1. The Bertz CT molecular complexity index is 574. The summed E-state index contributed by atoms with van der Waals surface area (Å²) in [5.41, 5.74) is -0.715. The molecule has 0 bridgehead atoms. The molecule has 0 aromatic rings. The van der Waals surface area contributed by atoms with Crippen LogP contribution < -0.4 is 5.32 Å². The minimum absolute atomic E-state index is 0.0169. The molecule has 2 atom stereocenters. The first-order chi connectivity index (χ1) is 12.2. The van der Waals surface area contributed by atoms with Gasteiger partial charge in [-0.1, -0.05) is 34.1 Å². The van der Waals surface area contributed by atoms with E-state index >= 15 is 0 Å². The zero-order valence-electron chi connectivity index (χ0n) is 18.0. The largest absolute Gasteiger partial charge is 0.464 e. The third-order valence-corrected chi connectivity index (χ3v) is 5.39. The second-order valence-electron chi connectivity index (χ2n) is 9.04. The highest BCUT2D eigenvalue weighted by Crippen LogP contribution is 2.20. The first kappa shape index (κ1) is 25.7. The van der Waals surface area contributed by atoms with Crippen molar-refractivity contribution in [3.05, 3.63) is 0 Å². The summed E-state index contributed by atoms with van der Waals surface area (Å²) in [7, 11) is -2.84. The summed E-state index contributed by atoms with van der Waals surface area (Å²) in [5.74, 6) is -0.298. The fraction of sp³-hybridized carbons (Fsp3) is 0.895. The van der Waals surface area contributed by atoms with Gasteiger partial charge in [0.2, 0.25) is 0 Å². The third-order valence-electron chi connectivity index (χ3n) is 3.64. The molecule has 2 N–H and O–H groups in total. The standard InChI is InChI=1S/C19H38N2O5S/c1-8-9-12-25-16(22)15(21-17(23)26-19(5,6)7)10-13-27(20,24)14-11-18(2,3)4/h15,20H,8-14H2,1-7H3,(H,21,23)/t15-,27?/m0/s1. The summed E-state index contributed by atoms with van der Waals surface area (Å²) < 4.78 is 31.0. The monoisotopic (exact) mass is 406 g/mol. The van der Waals surface area contributed by atoms with E-state index in [0.717, 1.165) is 12.8 Å². The van der Waals surface area contributed by atoms with E-state index in [9.17, 15) is 13.8 Å². The maximum Gasteiger partial charge on any atom is 0.408 e. The van der Waals surface area contributed by atoms with Crippen molar-refractivity contribution in [1.82, 2.24) is 5.32 Å². The molecule has 0 spiro atoms. The van der Waals surface area contributed by atoms with Gasteiger partial charge in [-0.05, 0) is 45.4 Å². The van der Waals surface area contributed by atoms with Crippen molar-refractivity contribution in [2.75, 3.05) is 18.1 Å². The van der Waals surface area contributed by atoms with E-state index in [4.69, 9.17) is 14.3 Å². The Hall–Kier alpha value is -1.31. The van der Waals surface area contributed by atoms with Crippen molar-refractivity contribution in [3.63, 3.8) is 0 Å². The first-order valence-corrected chi connectivity index (χ1v) is 11.4. The molecule has 0 aliphatic rings. The Labute approximate surface area is 164 Å². The minimum Gasteiger partial charge on any atom is -0.464 e. The average molecular weight is 407 g/mol. The molecule has 0 aromatic carbocycles. The van der Waals surface area contributed by atoms with Crippen molar-refractivity contribution >= 4 is 21.8 Å². The second kappa shape index (κ2) is 10.9. The van der Waals surface area contributed by atoms with Crippen LogP contribution in [0.4, 0.5) is 4.79 Å². The van der Waals surface area contributed by atoms with Gasteiger partial charge in [0.15, 0.2) is 0 Å². The Balaban J connectivity index is 4.92. The van der Waals surface area contributed by atoms with Gasteiger partial charge in [-0.25, -0.2) is 13.8 Å². The number of carbonyl (C=O) groups excluding carboxylic acids is 2. The van der Waals surface area contributed by atoms with E-state index in [1.165, 1.54) is 0 Å². The van der Waals surface area contributed by atoms with E-state index in [0.29, 0.717) is 6.42 Å². The average Bonchev–Trinajstić information content (AvgIpc) is 2.47. The van der Waals surface area contributed by atoms with Gasteiger partial charge in [0.25, 0.3) is 0 Å². The number of ether oxygens (including phenoxy) is 2. The topological polar surface area (TPSA) is 106 Å². The predicted octanol–water partition coefficient (Wildman–Crippen LogP) is 4.10. The van der Waals surface area contributed by atoms with Gasteiger partial charge in [0, 0.05) is 21.2 Å². The lowest BCUT2D eigenvalue weighted by molar-refractivity contribution is -0.146. The minimum atomic E-state index is -2.84.